The molecule has 1 heterocycles. The largest absolute Gasteiger partial charge is 0.497 e. The molecule has 0 spiro atoms. The van der Waals surface area contributed by atoms with Crippen molar-refractivity contribution in [3.8, 4) is 11.5 Å². The van der Waals surface area contributed by atoms with E-state index < -0.39 is 0 Å². The molecule has 0 bridgehead atoms. The van der Waals surface area contributed by atoms with Crippen molar-refractivity contribution in [1.82, 2.24) is 4.98 Å². The monoisotopic (exact) mass is 454 g/mol. The van der Waals surface area contributed by atoms with Crippen molar-refractivity contribution >= 4 is 60.1 Å². The Hall–Kier alpha value is -1.83. The van der Waals surface area contributed by atoms with E-state index in [4.69, 9.17) is 21.1 Å². The third-order valence-electron chi connectivity index (χ3n) is 3.77. The van der Waals surface area contributed by atoms with Gasteiger partial charge in [0.1, 0.15) is 11.5 Å². The van der Waals surface area contributed by atoms with Crippen molar-refractivity contribution < 1.29 is 14.3 Å². The third-order valence-corrected chi connectivity index (χ3v) is 6.27. The number of carbonyl (C=O) groups is 1. The second kappa shape index (κ2) is 7.82. The molecule has 1 N–H and O–H groups in total. The second-order valence-electron chi connectivity index (χ2n) is 5.63. The van der Waals surface area contributed by atoms with E-state index in [1.165, 1.54) is 11.3 Å². The first-order chi connectivity index (χ1) is 12.4. The zero-order chi connectivity index (χ0) is 18.8. The standard InChI is InChI=1S/C18H16BrClN2O3S/c1-9-6-13(16(19)10(2)17(9)20)25-8-15(23)22-18-21-12-5-4-11(24-3)7-14(12)26-18/h4-7H,8H2,1-3H3,(H,21,22,23). The molecule has 0 aliphatic carbocycles. The highest BCUT2D eigenvalue weighted by Crippen LogP contribution is 2.35. The van der Waals surface area contributed by atoms with Crippen LogP contribution in [0.5, 0.6) is 11.5 Å². The number of ether oxygens (including phenoxy) is 2. The third kappa shape index (κ3) is 3.95. The number of fused-ring (bicyclic) bond motifs is 1. The molecule has 0 fully saturated rings. The van der Waals surface area contributed by atoms with Gasteiger partial charge < -0.3 is 9.47 Å². The number of carbonyl (C=O) groups excluding carboxylic acids is 1. The highest BCUT2D eigenvalue weighted by Gasteiger charge is 2.14. The summed E-state index contributed by atoms with van der Waals surface area (Å²) in [4.78, 5) is 16.6. The predicted molar refractivity (Wildman–Crippen MR) is 109 cm³/mol. The summed E-state index contributed by atoms with van der Waals surface area (Å²) in [7, 11) is 1.61. The van der Waals surface area contributed by atoms with E-state index in [1.807, 2.05) is 32.0 Å². The molecule has 0 saturated carbocycles. The second-order valence-corrected chi connectivity index (χ2v) is 7.84. The fraction of sp³-hybridized carbons (Fsp3) is 0.222. The van der Waals surface area contributed by atoms with Gasteiger partial charge in [0.2, 0.25) is 0 Å². The van der Waals surface area contributed by atoms with Crippen LogP contribution >= 0.6 is 38.9 Å². The Labute approximate surface area is 168 Å². The van der Waals surface area contributed by atoms with Crippen LogP contribution in [0, 0.1) is 13.8 Å². The van der Waals surface area contributed by atoms with Crippen LogP contribution in [0.2, 0.25) is 5.02 Å². The van der Waals surface area contributed by atoms with Gasteiger partial charge in [0, 0.05) is 5.02 Å². The van der Waals surface area contributed by atoms with E-state index in [9.17, 15) is 4.79 Å². The summed E-state index contributed by atoms with van der Waals surface area (Å²) < 4.78 is 12.5. The van der Waals surface area contributed by atoms with Gasteiger partial charge in [-0.25, -0.2) is 4.98 Å². The Morgan fingerprint density at radius 1 is 1.35 bits per heavy atom. The summed E-state index contributed by atoms with van der Waals surface area (Å²) in [6.45, 7) is 3.66. The van der Waals surface area contributed by atoms with Crippen molar-refractivity contribution in [2.75, 3.05) is 19.0 Å². The average molecular weight is 456 g/mol. The minimum absolute atomic E-state index is 0.127. The number of hydrogen-bond donors (Lipinski definition) is 1. The fourth-order valence-electron chi connectivity index (χ4n) is 2.39. The Bertz CT molecular complexity index is 990. The molecule has 1 aromatic heterocycles. The highest BCUT2D eigenvalue weighted by atomic mass is 79.9. The number of thiazole rings is 1. The zero-order valence-corrected chi connectivity index (χ0v) is 17.5. The summed E-state index contributed by atoms with van der Waals surface area (Å²) in [6.07, 6.45) is 0. The Kier molecular flexibility index (Phi) is 5.70. The van der Waals surface area contributed by atoms with E-state index in [1.54, 1.807) is 13.2 Å². The Balaban J connectivity index is 1.68. The average Bonchev–Trinajstić information content (AvgIpc) is 3.02. The minimum Gasteiger partial charge on any atom is -0.497 e. The van der Waals surface area contributed by atoms with Gasteiger partial charge >= 0.3 is 0 Å². The molecular weight excluding hydrogens is 440 g/mol. The van der Waals surface area contributed by atoms with Crippen LogP contribution in [0.1, 0.15) is 11.1 Å². The van der Waals surface area contributed by atoms with Gasteiger partial charge in [-0.2, -0.15) is 0 Å². The van der Waals surface area contributed by atoms with Gasteiger partial charge in [-0.05, 0) is 65.2 Å². The molecule has 136 valence electrons. The molecular formula is C18H16BrClN2O3S. The molecule has 0 radical (unpaired) electrons. The number of hydrogen-bond acceptors (Lipinski definition) is 5. The van der Waals surface area contributed by atoms with Crippen molar-refractivity contribution in [3.63, 3.8) is 0 Å². The minimum atomic E-state index is -0.284. The normalized spacial score (nSPS) is 10.8. The van der Waals surface area contributed by atoms with Gasteiger partial charge in [-0.15, -0.1) is 0 Å². The number of methoxy groups -OCH3 is 1. The maximum Gasteiger partial charge on any atom is 0.264 e. The van der Waals surface area contributed by atoms with Crippen LogP contribution in [-0.2, 0) is 4.79 Å². The van der Waals surface area contributed by atoms with Crippen molar-refractivity contribution in [1.29, 1.82) is 0 Å². The number of nitrogens with one attached hydrogen (secondary N) is 1. The van der Waals surface area contributed by atoms with Gasteiger partial charge in [0.15, 0.2) is 11.7 Å². The van der Waals surface area contributed by atoms with Crippen molar-refractivity contribution in [2.45, 2.75) is 13.8 Å². The number of aromatic nitrogens is 1. The van der Waals surface area contributed by atoms with Gasteiger partial charge in [-0.1, -0.05) is 22.9 Å². The summed E-state index contributed by atoms with van der Waals surface area (Å²) in [5.74, 6) is 1.04. The summed E-state index contributed by atoms with van der Waals surface area (Å²) in [6, 6.07) is 7.37. The summed E-state index contributed by atoms with van der Waals surface area (Å²) >= 11 is 11.0. The molecule has 3 aromatic rings. The van der Waals surface area contributed by atoms with E-state index in [0.717, 1.165) is 31.6 Å². The fourth-order valence-corrected chi connectivity index (χ4v) is 3.99. The number of anilines is 1. The first-order valence-corrected chi connectivity index (χ1v) is 9.70. The lowest BCUT2D eigenvalue weighted by Gasteiger charge is -2.12. The summed E-state index contributed by atoms with van der Waals surface area (Å²) in [5.41, 5.74) is 2.57. The smallest absolute Gasteiger partial charge is 0.264 e. The SMILES string of the molecule is COc1ccc2nc(NC(=O)COc3cc(C)c(Cl)c(C)c3Br)sc2c1. The number of amides is 1. The molecule has 8 heteroatoms. The number of halogens is 2. The first-order valence-electron chi connectivity index (χ1n) is 7.71. The predicted octanol–water partition coefficient (Wildman–Crippen LogP) is 5.36. The Morgan fingerprint density at radius 2 is 2.12 bits per heavy atom. The quantitative estimate of drug-likeness (QED) is 0.563. The lowest BCUT2D eigenvalue weighted by Crippen LogP contribution is -2.20. The number of benzene rings is 2. The van der Waals surface area contributed by atoms with Crippen LogP contribution in [0.4, 0.5) is 5.13 Å². The molecule has 0 atom stereocenters. The van der Waals surface area contributed by atoms with Crippen LogP contribution < -0.4 is 14.8 Å². The number of rotatable bonds is 5. The zero-order valence-electron chi connectivity index (χ0n) is 14.4. The molecule has 3 rings (SSSR count). The lowest BCUT2D eigenvalue weighted by molar-refractivity contribution is -0.118. The van der Waals surface area contributed by atoms with E-state index in [2.05, 4.69) is 26.2 Å². The maximum absolute atomic E-state index is 12.2. The number of nitrogens with zero attached hydrogens (tertiary/aromatic N) is 1. The lowest BCUT2D eigenvalue weighted by atomic mass is 10.1. The Morgan fingerprint density at radius 3 is 2.85 bits per heavy atom. The van der Waals surface area contributed by atoms with Crippen molar-refractivity contribution in [3.05, 3.63) is 44.9 Å². The van der Waals surface area contributed by atoms with Crippen LogP contribution in [-0.4, -0.2) is 24.6 Å². The van der Waals surface area contributed by atoms with Crippen molar-refractivity contribution in [2.24, 2.45) is 0 Å². The van der Waals surface area contributed by atoms with E-state index >= 15 is 0 Å². The van der Waals surface area contributed by atoms with E-state index in [-0.39, 0.29) is 12.5 Å². The molecule has 2 aromatic carbocycles. The number of aryl methyl sites for hydroxylation is 1. The maximum atomic E-state index is 12.2. The molecule has 0 unspecified atom stereocenters. The van der Waals surface area contributed by atoms with Gasteiger partial charge in [0.25, 0.3) is 5.91 Å². The molecule has 0 aliphatic rings. The topological polar surface area (TPSA) is 60.5 Å². The van der Waals surface area contributed by atoms with Crippen LogP contribution in [0.15, 0.2) is 28.7 Å². The van der Waals surface area contributed by atoms with Crippen LogP contribution in [0.3, 0.4) is 0 Å². The highest BCUT2D eigenvalue weighted by molar-refractivity contribution is 9.10. The van der Waals surface area contributed by atoms with E-state index in [0.29, 0.717) is 15.9 Å². The van der Waals surface area contributed by atoms with Crippen LogP contribution in [0.25, 0.3) is 10.2 Å². The molecule has 0 saturated heterocycles. The molecule has 5 nitrogen and oxygen atoms in total. The van der Waals surface area contributed by atoms with Gasteiger partial charge in [0.05, 0.1) is 21.8 Å². The van der Waals surface area contributed by atoms with Gasteiger partial charge in [-0.3, -0.25) is 10.1 Å². The molecule has 0 aliphatic heterocycles. The first kappa shape index (κ1) is 18.9. The molecule has 1 amide bonds. The summed E-state index contributed by atoms with van der Waals surface area (Å²) in [5, 5.41) is 3.96. The molecule has 26 heavy (non-hydrogen) atoms.